The van der Waals surface area contributed by atoms with Crippen LogP contribution in [0.25, 0.3) is 0 Å². The van der Waals surface area contributed by atoms with E-state index in [1.54, 1.807) is 0 Å². The molecular weight excluding hydrogens is 350 g/mol. The summed E-state index contributed by atoms with van der Waals surface area (Å²) in [4.78, 5) is 23.9. The molecule has 0 aliphatic rings. The van der Waals surface area contributed by atoms with E-state index in [4.69, 9.17) is 31.5 Å². The second-order valence-corrected chi connectivity index (χ2v) is 6.10. The molecule has 8 heteroatoms. The minimum Gasteiger partial charge on any atom is -0.465 e. The Morgan fingerprint density at radius 2 is 1.96 bits per heavy atom. The second kappa shape index (κ2) is 11.0. The van der Waals surface area contributed by atoms with Crippen molar-refractivity contribution in [3.8, 4) is 0 Å². The highest BCUT2D eigenvalue weighted by Gasteiger charge is 2.36. The van der Waals surface area contributed by atoms with E-state index in [1.165, 1.54) is 6.92 Å². The monoisotopic (exact) mass is 373 g/mol. The SMILES string of the molecule is CC(CO)(COC(=O)C(N)OCc1ccccc1)C(=O)OCCCCl. The van der Waals surface area contributed by atoms with Crippen molar-refractivity contribution in [3.05, 3.63) is 35.9 Å². The molecule has 7 nitrogen and oxygen atoms in total. The Morgan fingerprint density at radius 3 is 2.56 bits per heavy atom. The number of alkyl halides is 1. The zero-order valence-electron chi connectivity index (χ0n) is 14.2. The summed E-state index contributed by atoms with van der Waals surface area (Å²) in [5.41, 5.74) is 5.10. The molecule has 0 amide bonds. The predicted octanol–water partition coefficient (Wildman–Crippen LogP) is 1.20. The molecule has 2 unspecified atom stereocenters. The highest BCUT2D eigenvalue weighted by molar-refractivity contribution is 6.17. The Hall–Kier alpha value is -1.67. The molecule has 0 aliphatic heterocycles. The molecule has 0 radical (unpaired) electrons. The number of nitrogens with two attached hydrogens (primary N) is 1. The van der Waals surface area contributed by atoms with Crippen molar-refractivity contribution >= 4 is 23.5 Å². The van der Waals surface area contributed by atoms with Crippen LogP contribution in [0.15, 0.2) is 30.3 Å². The number of halogens is 1. The average Bonchev–Trinajstić information content (AvgIpc) is 2.64. The van der Waals surface area contributed by atoms with E-state index >= 15 is 0 Å². The highest BCUT2D eigenvalue weighted by Crippen LogP contribution is 2.19. The summed E-state index contributed by atoms with van der Waals surface area (Å²) >= 11 is 5.51. The molecule has 1 rings (SSSR count). The molecule has 0 fully saturated rings. The molecule has 1 aromatic rings. The van der Waals surface area contributed by atoms with Crippen LogP contribution in [0.5, 0.6) is 0 Å². The largest absolute Gasteiger partial charge is 0.465 e. The van der Waals surface area contributed by atoms with Gasteiger partial charge in [-0.1, -0.05) is 30.3 Å². The zero-order chi connectivity index (χ0) is 18.7. The Balaban J connectivity index is 2.44. The van der Waals surface area contributed by atoms with Crippen LogP contribution in [0.4, 0.5) is 0 Å². The van der Waals surface area contributed by atoms with Gasteiger partial charge in [0, 0.05) is 5.88 Å². The minimum absolute atomic E-state index is 0.131. The van der Waals surface area contributed by atoms with Crippen LogP contribution >= 0.6 is 11.6 Å². The third-order valence-electron chi connectivity index (χ3n) is 3.39. The van der Waals surface area contributed by atoms with Crippen molar-refractivity contribution < 1.29 is 28.9 Å². The number of hydrogen-bond acceptors (Lipinski definition) is 7. The minimum atomic E-state index is -1.37. The van der Waals surface area contributed by atoms with E-state index in [1.807, 2.05) is 30.3 Å². The van der Waals surface area contributed by atoms with Gasteiger partial charge in [-0.05, 0) is 18.9 Å². The third kappa shape index (κ3) is 7.39. The molecule has 140 valence electrons. The highest BCUT2D eigenvalue weighted by atomic mass is 35.5. The van der Waals surface area contributed by atoms with Gasteiger partial charge in [-0.3, -0.25) is 10.5 Å². The van der Waals surface area contributed by atoms with Crippen LogP contribution in [0.3, 0.4) is 0 Å². The van der Waals surface area contributed by atoms with Gasteiger partial charge < -0.3 is 19.3 Å². The van der Waals surface area contributed by atoms with Crippen LogP contribution in [0.2, 0.25) is 0 Å². The summed E-state index contributed by atoms with van der Waals surface area (Å²) in [5.74, 6) is -1.15. The Kier molecular flexibility index (Phi) is 9.44. The van der Waals surface area contributed by atoms with E-state index in [0.29, 0.717) is 12.3 Å². The van der Waals surface area contributed by atoms with Gasteiger partial charge in [-0.2, -0.15) is 0 Å². The van der Waals surface area contributed by atoms with E-state index in [2.05, 4.69) is 0 Å². The molecule has 25 heavy (non-hydrogen) atoms. The van der Waals surface area contributed by atoms with Crippen molar-refractivity contribution in [2.45, 2.75) is 26.2 Å². The smallest absolute Gasteiger partial charge is 0.350 e. The summed E-state index contributed by atoms with van der Waals surface area (Å²) in [6, 6.07) is 9.20. The normalized spacial score (nSPS) is 14.4. The van der Waals surface area contributed by atoms with Crippen molar-refractivity contribution in [2.75, 3.05) is 25.7 Å². The molecule has 0 saturated heterocycles. The molecule has 3 N–H and O–H groups in total. The van der Waals surface area contributed by atoms with Crippen molar-refractivity contribution in [2.24, 2.45) is 11.1 Å². The molecule has 0 heterocycles. The van der Waals surface area contributed by atoms with Crippen LogP contribution < -0.4 is 5.73 Å². The first-order valence-corrected chi connectivity index (χ1v) is 8.38. The standard InChI is InChI=1S/C17H24ClNO6/c1-17(11-20,16(22)23-9-5-8-18)12-25-15(21)14(19)24-10-13-6-3-2-4-7-13/h2-4,6-7,14,20H,5,8-12,19H2,1H3. The lowest BCUT2D eigenvalue weighted by atomic mass is 9.93. The molecule has 0 saturated carbocycles. The second-order valence-electron chi connectivity index (χ2n) is 5.72. The van der Waals surface area contributed by atoms with Crippen LogP contribution in [0, 0.1) is 5.41 Å². The van der Waals surface area contributed by atoms with Gasteiger partial charge >= 0.3 is 11.9 Å². The van der Waals surface area contributed by atoms with Gasteiger partial charge in [0.2, 0.25) is 6.23 Å². The number of ether oxygens (including phenoxy) is 3. The first kappa shape index (κ1) is 21.4. The van der Waals surface area contributed by atoms with Gasteiger partial charge in [0.05, 0.1) is 19.8 Å². The molecule has 0 bridgehead atoms. The fraction of sp³-hybridized carbons (Fsp3) is 0.529. The molecule has 2 atom stereocenters. The first-order chi connectivity index (χ1) is 11.9. The fourth-order valence-corrected chi connectivity index (χ4v) is 1.81. The predicted molar refractivity (Wildman–Crippen MR) is 91.7 cm³/mol. The third-order valence-corrected chi connectivity index (χ3v) is 3.66. The maximum atomic E-state index is 12.0. The lowest BCUT2D eigenvalue weighted by Crippen LogP contribution is -2.42. The fourth-order valence-electron chi connectivity index (χ4n) is 1.70. The lowest BCUT2D eigenvalue weighted by Gasteiger charge is -2.25. The van der Waals surface area contributed by atoms with E-state index < -0.39 is 30.2 Å². The molecule has 1 aromatic carbocycles. The zero-order valence-corrected chi connectivity index (χ0v) is 14.9. The van der Waals surface area contributed by atoms with Gasteiger partial charge in [-0.15, -0.1) is 11.6 Å². The maximum Gasteiger partial charge on any atom is 0.350 e. The maximum absolute atomic E-state index is 12.0. The summed E-state index contributed by atoms with van der Waals surface area (Å²) in [5, 5.41) is 9.44. The van der Waals surface area contributed by atoms with Crippen molar-refractivity contribution in [1.82, 2.24) is 0 Å². The lowest BCUT2D eigenvalue weighted by molar-refractivity contribution is -0.171. The van der Waals surface area contributed by atoms with Crippen molar-refractivity contribution in [1.29, 1.82) is 0 Å². The molecule has 0 spiro atoms. The van der Waals surface area contributed by atoms with Crippen LogP contribution in [-0.2, 0) is 30.4 Å². The number of hydrogen-bond donors (Lipinski definition) is 2. The number of esters is 2. The number of rotatable bonds is 11. The number of aliphatic hydroxyl groups is 1. The first-order valence-electron chi connectivity index (χ1n) is 7.85. The Labute approximate surface area is 152 Å². The topological polar surface area (TPSA) is 108 Å². The Bertz CT molecular complexity index is 541. The van der Waals surface area contributed by atoms with E-state index in [-0.39, 0.29) is 19.8 Å². The van der Waals surface area contributed by atoms with E-state index in [0.717, 1.165) is 5.56 Å². The summed E-state index contributed by atoms with van der Waals surface area (Å²) in [7, 11) is 0. The number of carbonyl (C=O) groups excluding carboxylic acids is 2. The van der Waals surface area contributed by atoms with Gasteiger partial charge in [0.15, 0.2) is 0 Å². The van der Waals surface area contributed by atoms with Crippen LogP contribution in [-0.4, -0.2) is 49.0 Å². The van der Waals surface area contributed by atoms with Gasteiger partial charge in [-0.25, -0.2) is 4.79 Å². The van der Waals surface area contributed by atoms with E-state index in [9.17, 15) is 14.7 Å². The number of aliphatic hydroxyl groups excluding tert-OH is 1. The van der Waals surface area contributed by atoms with Crippen LogP contribution in [0.1, 0.15) is 18.9 Å². The molecular formula is C17H24ClNO6. The summed E-state index contributed by atoms with van der Waals surface area (Å²) < 4.78 is 15.2. The average molecular weight is 374 g/mol. The quantitative estimate of drug-likeness (QED) is 0.259. The van der Waals surface area contributed by atoms with Crippen molar-refractivity contribution in [3.63, 3.8) is 0 Å². The Morgan fingerprint density at radius 1 is 1.28 bits per heavy atom. The summed E-state index contributed by atoms with van der Waals surface area (Å²) in [6.07, 6.45) is -0.803. The molecule has 0 aromatic heterocycles. The van der Waals surface area contributed by atoms with Gasteiger partial charge in [0.25, 0.3) is 0 Å². The summed E-state index contributed by atoms with van der Waals surface area (Å²) in [6.45, 7) is 0.796. The number of benzene rings is 1. The number of carbonyl (C=O) groups is 2. The van der Waals surface area contributed by atoms with Gasteiger partial charge in [0.1, 0.15) is 12.0 Å². The molecule has 0 aliphatic carbocycles.